The predicted octanol–water partition coefficient (Wildman–Crippen LogP) is 1.82. The highest BCUT2D eigenvalue weighted by Gasteiger charge is 2.31. The van der Waals surface area contributed by atoms with Gasteiger partial charge in [0.25, 0.3) is 11.8 Å². The first-order chi connectivity index (χ1) is 17.3. The Morgan fingerprint density at radius 1 is 0.919 bits per heavy atom. The number of amides is 3. The number of hydrogen-bond acceptors (Lipinski definition) is 6. The SMILES string of the molecule is NS(=O)(=O)c1ccc(C(=O)N[C@@H]2CCCC[C@@H]2NC(=O)CNC(=O)c2cccc(OC(F)(F)F)c2)cc1. The maximum absolute atomic E-state index is 12.6. The zero-order chi connectivity index (χ0) is 27.2. The first kappa shape index (κ1) is 27.9. The lowest BCUT2D eigenvalue weighted by atomic mass is 9.90. The van der Waals surface area contributed by atoms with Gasteiger partial charge in [-0.1, -0.05) is 18.9 Å². The molecule has 1 fully saturated rings. The molecule has 0 saturated heterocycles. The van der Waals surface area contributed by atoms with Crippen LogP contribution in [0.15, 0.2) is 53.4 Å². The minimum Gasteiger partial charge on any atom is -0.406 e. The molecule has 10 nitrogen and oxygen atoms in total. The zero-order valence-electron chi connectivity index (χ0n) is 19.4. The second kappa shape index (κ2) is 11.6. The molecular formula is C23H25F3N4O6S. The van der Waals surface area contributed by atoms with E-state index in [4.69, 9.17) is 5.14 Å². The highest BCUT2D eigenvalue weighted by atomic mass is 32.2. The number of halogens is 3. The molecule has 37 heavy (non-hydrogen) atoms. The van der Waals surface area contributed by atoms with Gasteiger partial charge in [0.05, 0.1) is 11.4 Å². The number of sulfonamides is 1. The standard InChI is InChI=1S/C23H25F3N4O6S/c24-23(25,26)36-16-5-3-4-15(12-16)21(32)28-13-20(31)29-18-6-1-2-7-19(18)30-22(33)14-8-10-17(11-9-14)37(27,34)35/h3-5,8-12,18-19H,1-2,6-7,13H2,(H,28,32)(H,29,31)(H,30,33)(H2,27,34,35)/t18-,19+/m0/s1. The van der Waals surface area contributed by atoms with Gasteiger partial charge in [0.2, 0.25) is 15.9 Å². The summed E-state index contributed by atoms with van der Waals surface area (Å²) < 4.78 is 63.7. The van der Waals surface area contributed by atoms with Crippen LogP contribution in [0.3, 0.4) is 0 Å². The topological polar surface area (TPSA) is 157 Å². The van der Waals surface area contributed by atoms with E-state index in [0.29, 0.717) is 12.8 Å². The molecule has 1 saturated carbocycles. The van der Waals surface area contributed by atoms with E-state index in [1.807, 2.05) is 0 Å². The van der Waals surface area contributed by atoms with Crippen LogP contribution in [0.5, 0.6) is 5.75 Å². The van der Waals surface area contributed by atoms with Gasteiger partial charge in [0.1, 0.15) is 5.75 Å². The van der Waals surface area contributed by atoms with E-state index in [1.165, 1.54) is 36.4 Å². The summed E-state index contributed by atoms with van der Waals surface area (Å²) in [5, 5.41) is 13.0. The van der Waals surface area contributed by atoms with Gasteiger partial charge in [-0.05, 0) is 55.3 Å². The number of ether oxygens (including phenoxy) is 1. The van der Waals surface area contributed by atoms with Crippen molar-refractivity contribution in [3.05, 3.63) is 59.7 Å². The maximum atomic E-state index is 12.6. The van der Waals surface area contributed by atoms with Crippen LogP contribution in [-0.2, 0) is 14.8 Å². The molecule has 3 rings (SSSR count). The van der Waals surface area contributed by atoms with Crippen molar-refractivity contribution in [2.24, 2.45) is 5.14 Å². The minimum absolute atomic E-state index is 0.120. The van der Waals surface area contributed by atoms with Crippen molar-refractivity contribution in [2.45, 2.75) is 49.0 Å². The molecule has 1 aliphatic carbocycles. The molecule has 2 aromatic carbocycles. The predicted molar refractivity (Wildman–Crippen MR) is 125 cm³/mol. The van der Waals surface area contributed by atoms with Crippen LogP contribution in [0.2, 0.25) is 0 Å². The van der Waals surface area contributed by atoms with Gasteiger partial charge < -0.3 is 20.7 Å². The average molecular weight is 543 g/mol. The van der Waals surface area contributed by atoms with Gasteiger partial charge in [0.15, 0.2) is 0 Å². The molecule has 5 N–H and O–H groups in total. The Hall–Kier alpha value is -3.65. The van der Waals surface area contributed by atoms with Crippen molar-refractivity contribution in [2.75, 3.05) is 6.54 Å². The number of benzene rings is 2. The van der Waals surface area contributed by atoms with E-state index in [9.17, 15) is 36.0 Å². The first-order valence-electron chi connectivity index (χ1n) is 11.2. The second-order valence-electron chi connectivity index (χ2n) is 8.37. The quantitative estimate of drug-likeness (QED) is 0.399. The summed E-state index contributed by atoms with van der Waals surface area (Å²) in [5.41, 5.74) is 0.0952. The fourth-order valence-corrected chi connectivity index (χ4v) is 4.39. The molecular weight excluding hydrogens is 517 g/mol. The lowest BCUT2D eigenvalue weighted by molar-refractivity contribution is -0.274. The summed E-state index contributed by atoms with van der Waals surface area (Å²) >= 11 is 0. The number of nitrogens with one attached hydrogen (secondary N) is 3. The van der Waals surface area contributed by atoms with E-state index in [2.05, 4.69) is 20.7 Å². The molecule has 0 heterocycles. The van der Waals surface area contributed by atoms with Crippen molar-refractivity contribution in [3.63, 3.8) is 0 Å². The van der Waals surface area contributed by atoms with Crippen LogP contribution in [0.25, 0.3) is 0 Å². The highest BCUT2D eigenvalue weighted by Crippen LogP contribution is 2.23. The molecule has 2 aromatic rings. The maximum Gasteiger partial charge on any atom is 0.573 e. The Morgan fingerprint density at radius 2 is 1.54 bits per heavy atom. The molecule has 0 aromatic heterocycles. The third-order valence-electron chi connectivity index (χ3n) is 5.61. The van der Waals surface area contributed by atoms with Gasteiger partial charge >= 0.3 is 6.36 Å². The Morgan fingerprint density at radius 3 is 2.14 bits per heavy atom. The van der Waals surface area contributed by atoms with Crippen LogP contribution in [0.4, 0.5) is 13.2 Å². The third-order valence-corrected chi connectivity index (χ3v) is 6.54. The van der Waals surface area contributed by atoms with Gasteiger partial charge in [-0.3, -0.25) is 14.4 Å². The Kier molecular flexibility index (Phi) is 8.76. The van der Waals surface area contributed by atoms with Gasteiger partial charge in [-0.25, -0.2) is 13.6 Å². The van der Waals surface area contributed by atoms with Gasteiger partial charge in [-0.15, -0.1) is 13.2 Å². The number of rotatable bonds is 8. The van der Waals surface area contributed by atoms with Gasteiger partial charge in [-0.2, -0.15) is 0 Å². The van der Waals surface area contributed by atoms with Crippen molar-refractivity contribution in [1.82, 2.24) is 16.0 Å². The molecule has 1 aliphatic rings. The summed E-state index contributed by atoms with van der Waals surface area (Å²) in [6, 6.07) is 8.71. The van der Waals surface area contributed by atoms with Crippen molar-refractivity contribution >= 4 is 27.7 Å². The molecule has 0 bridgehead atoms. The van der Waals surface area contributed by atoms with E-state index in [1.54, 1.807) is 0 Å². The molecule has 14 heteroatoms. The minimum atomic E-state index is -4.91. The third kappa shape index (κ3) is 8.46. The summed E-state index contributed by atoms with van der Waals surface area (Å²) in [4.78, 5) is 37.3. The number of nitrogens with two attached hydrogens (primary N) is 1. The van der Waals surface area contributed by atoms with Crippen molar-refractivity contribution in [1.29, 1.82) is 0 Å². The number of primary sulfonamides is 1. The number of hydrogen-bond donors (Lipinski definition) is 4. The van der Waals surface area contributed by atoms with Crippen molar-refractivity contribution < 1.29 is 40.7 Å². The average Bonchev–Trinajstić information content (AvgIpc) is 2.82. The van der Waals surface area contributed by atoms with E-state index in [0.717, 1.165) is 25.0 Å². The molecule has 3 amide bonds. The lowest BCUT2D eigenvalue weighted by Crippen LogP contribution is -2.54. The van der Waals surface area contributed by atoms with Crippen molar-refractivity contribution in [3.8, 4) is 5.75 Å². The van der Waals surface area contributed by atoms with Crippen LogP contribution in [-0.4, -0.2) is 51.1 Å². The fourth-order valence-electron chi connectivity index (χ4n) is 3.88. The number of alkyl halides is 3. The fraction of sp³-hybridized carbons (Fsp3) is 0.348. The molecule has 2 atom stereocenters. The lowest BCUT2D eigenvalue weighted by Gasteiger charge is -2.33. The van der Waals surface area contributed by atoms with Crippen LogP contribution in [0.1, 0.15) is 46.4 Å². The Labute approximate surface area is 210 Å². The zero-order valence-corrected chi connectivity index (χ0v) is 20.2. The molecule has 0 unspecified atom stereocenters. The van der Waals surface area contributed by atoms with Crippen LogP contribution in [0, 0.1) is 0 Å². The smallest absolute Gasteiger partial charge is 0.406 e. The summed E-state index contributed by atoms with van der Waals surface area (Å²) in [6.45, 7) is -0.435. The Balaban J connectivity index is 1.54. The van der Waals surface area contributed by atoms with E-state index in [-0.39, 0.29) is 16.0 Å². The number of carbonyl (C=O) groups is 3. The van der Waals surface area contributed by atoms with Crippen LogP contribution >= 0.6 is 0 Å². The second-order valence-corrected chi connectivity index (χ2v) is 9.93. The molecule has 0 aliphatic heterocycles. The normalized spacial score (nSPS) is 17.9. The highest BCUT2D eigenvalue weighted by molar-refractivity contribution is 7.89. The molecule has 0 spiro atoms. The molecule has 200 valence electrons. The van der Waals surface area contributed by atoms with E-state index >= 15 is 0 Å². The monoisotopic (exact) mass is 542 g/mol. The Bertz CT molecular complexity index is 1250. The number of carbonyl (C=O) groups excluding carboxylic acids is 3. The summed E-state index contributed by atoms with van der Waals surface area (Å²) in [6.07, 6.45) is -2.13. The van der Waals surface area contributed by atoms with Crippen LogP contribution < -0.4 is 25.8 Å². The van der Waals surface area contributed by atoms with Gasteiger partial charge in [0, 0.05) is 23.2 Å². The van der Waals surface area contributed by atoms with E-state index < -0.39 is 58.5 Å². The summed E-state index contributed by atoms with van der Waals surface area (Å²) in [7, 11) is -3.89. The first-order valence-corrected chi connectivity index (χ1v) is 12.7. The molecule has 0 radical (unpaired) electrons. The largest absolute Gasteiger partial charge is 0.573 e. The summed E-state index contributed by atoms with van der Waals surface area (Å²) in [5.74, 6) is -2.33.